The van der Waals surface area contributed by atoms with Crippen LogP contribution in [-0.4, -0.2) is 34.2 Å². The molecule has 9 heteroatoms. The summed E-state index contributed by atoms with van der Waals surface area (Å²) in [6, 6.07) is 10.3. The monoisotopic (exact) mass is 465 g/mol. The molecular weight excluding hydrogens is 441 g/mol. The van der Waals surface area contributed by atoms with Crippen LogP contribution in [0.3, 0.4) is 0 Å². The third-order valence-corrected chi connectivity index (χ3v) is 5.46. The molecule has 0 bridgehead atoms. The molecule has 0 aromatic heterocycles. The number of nitrogens with zero attached hydrogens (tertiary/aromatic N) is 2. The Bertz CT molecular complexity index is 966. The predicted octanol–water partition coefficient (Wildman–Crippen LogP) is 4.63. The summed E-state index contributed by atoms with van der Waals surface area (Å²) in [5, 5.41) is 14.9. The van der Waals surface area contributed by atoms with E-state index in [4.69, 9.17) is 23.2 Å². The average Bonchev–Trinajstić information content (AvgIpc) is 2.72. The second kappa shape index (κ2) is 11.1. The number of carbonyl (C=O) groups is 2. The SMILES string of the molecule is CC(C)CNC(=O)[C@H](C)N(Cc1ccc(Cl)c(Cl)c1)C(=O)Cc1ccccc1[N+](=O)[O-]. The van der Waals surface area contributed by atoms with E-state index in [1.807, 2.05) is 13.8 Å². The van der Waals surface area contributed by atoms with Gasteiger partial charge in [0.2, 0.25) is 11.8 Å². The number of benzene rings is 2. The van der Waals surface area contributed by atoms with Gasteiger partial charge in [0.1, 0.15) is 6.04 Å². The molecule has 0 aliphatic rings. The van der Waals surface area contributed by atoms with Gasteiger partial charge in [-0.2, -0.15) is 0 Å². The van der Waals surface area contributed by atoms with Gasteiger partial charge in [0.15, 0.2) is 0 Å². The minimum Gasteiger partial charge on any atom is -0.354 e. The first kappa shape index (κ1) is 24.6. The molecule has 0 saturated heterocycles. The molecule has 0 aliphatic heterocycles. The minimum atomic E-state index is -0.788. The van der Waals surface area contributed by atoms with Crippen molar-refractivity contribution >= 4 is 40.7 Å². The summed E-state index contributed by atoms with van der Waals surface area (Å²) in [5.74, 6) is -0.459. The number of hydrogen-bond acceptors (Lipinski definition) is 4. The Labute approximate surface area is 191 Å². The molecule has 7 nitrogen and oxygen atoms in total. The van der Waals surface area contributed by atoms with Crippen molar-refractivity contribution in [2.75, 3.05) is 6.54 Å². The van der Waals surface area contributed by atoms with Gasteiger partial charge in [-0.1, -0.05) is 61.3 Å². The zero-order valence-electron chi connectivity index (χ0n) is 17.6. The molecule has 0 unspecified atom stereocenters. The van der Waals surface area contributed by atoms with Crippen LogP contribution in [0.4, 0.5) is 5.69 Å². The van der Waals surface area contributed by atoms with Crippen LogP contribution < -0.4 is 5.32 Å². The van der Waals surface area contributed by atoms with E-state index in [-0.39, 0.29) is 36.0 Å². The molecular formula is C22H25Cl2N3O4. The van der Waals surface area contributed by atoms with Crippen molar-refractivity contribution in [3.63, 3.8) is 0 Å². The number of rotatable bonds is 9. The first-order chi connectivity index (χ1) is 14.6. The Morgan fingerprint density at radius 2 is 1.77 bits per heavy atom. The van der Waals surface area contributed by atoms with Crippen LogP contribution in [0.25, 0.3) is 0 Å². The van der Waals surface area contributed by atoms with Crippen molar-refractivity contribution in [1.29, 1.82) is 0 Å². The van der Waals surface area contributed by atoms with E-state index in [1.54, 1.807) is 37.3 Å². The van der Waals surface area contributed by atoms with Gasteiger partial charge in [0.05, 0.1) is 21.4 Å². The van der Waals surface area contributed by atoms with Gasteiger partial charge < -0.3 is 10.2 Å². The summed E-state index contributed by atoms with van der Waals surface area (Å²) in [6.45, 7) is 6.15. The van der Waals surface area contributed by atoms with E-state index in [2.05, 4.69) is 5.32 Å². The molecule has 0 heterocycles. The highest BCUT2D eigenvalue weighted by atomic mass is 35.5. The summed E-state index contributed by atoms with van der Waals surface area (Å²) in [5.41, 5.74) is 0.836. The van der Waals surface area contributed by atoms with E-state index in [0.29, 0.717) is 22.2 Å². The van der Waals surface area contributed by atoms with Crippen molar-refractivity contribution in [3.05, 3.63) is 73.8 Å². The predicted molar refractivity (Wildman–Crippen MR) is 121 cm³/mol. The van der Waals surface area contributed by atoms with Crippen LogP contribution in [0.5, 0.6) is 0 Å². The van der Waals surface area contributed by atoms with Crippen LogP contribution in [0.1, 0.15) is 31.9 Å². The summed E-state index contributed by atoms with van der Waals surface area (Å²) >= 11 is 12.1. The molecule has 1 N–H and O–H groups in total. The number of amides is 2. The fraction of sp³-hybridized carbons (Fsp3) is 0.364. The highest BCUT2D eigenvalue weighted by Crippen LogP contribution is 2.25. The number of halogens is 2. The summed E-state index contributed by atoms with van der Waals surface area (Å²) < 4.78 is 0. The normalized spacial score (nSPS) is 11.8. The van der Waals surface area contributed by atoms with Crippen LogP contribution in [0.15, 0.2) is 42.5 Å². The number of nitro groups is 1. The lowest BCUT2D eigenvalue weighted by molar-refractivity contribution is -0.385. The van der Waals surface area contributed by atoms with E-state index < -0.39 is 16.9 Å². The molecule has 2 aromatic rings. The van der Waals surface area contributed by atoms with Gasteiger partial charge in [-0.05, 0) is 30.5 Å². The molecule has 2 aromatic carbocycles. The number of para-hydroxylation sites is 1. The highest BCUT2D eigenvalue weighted by Gasteiger charge is 2.28. The Morgan fingerprint density at radius 3 is 2.39 bits per heavy atom. The maximum Gasteiger partial charge on any atom is 0.273 e. The van der Waals surface area contributed by atoms with Crippen molar-refractivity contribution in [1.82, 2.24) is 10.2 Å². The Hall–Kier alpha value is -2.64. The topological polar surface area (TPSA) is 92.6 Å². The highest BCUT2D eigenvalue weighted by molar-refractivity contribution is 6.42. The van der Waals surface area contributed by atoms with Gasteiger partial charge in [0, 0.05) is 24.7 Å². The summed E-state index contributed by atoms with van der Waals surface area (Å²) in [7, 11) is 0. The largest absolute Gasteiger partial charge is 0.354 e. The zero-order valence-corrected chi connectivity index (χ0v) is 19.1. The third kappa shape index (κ3) is 6.94. The molecule has 31 heavy (non-hydrogen) atoms. The fourth-order valence-corrected chi connectivity index (χ4v) is 3.29. The first-order valence-corrected chi connectivity index (χ1v) is 10.6. The Morgan fingerprint density at radius 1 is 1.10 bits per heavy atom. The van der Waals surface area contributed by atoms with Crippen molar-refractivity contribution in [3.8, 4) is 0 Å². The second-order valence-corrected chi connectivity index (χ2v) is 8.46. The Kier molecular flexibility index (Phi) is 8.83. The smallest absolute Gasteiger partial charge is 0.273 e. The fourth-order valence-electron chi connectivity index (χ4n) is 2.97. The summed E-state index contributed by atoms with van der Waals surface area (Å²) in [4.78, 5) is 38.0. The van der Waals surface area contributed by atoms with E-state index in [0.717, 1.165) is 0 Å². The molecule has 0 saturated carbocycles. The third-order valence-electron chi connectivity index (χ3n) is 4.72. The van der Waals surface area contributed by atoms with Gasteiger partial charge in [-0.3, -0.25) is 19.7 Å². The van der Waals surface area contributed by atoms with Crippen LogP contribution in [0, 0.1) is 16.0 Å². The summed E-state index contributed by atoms with van der Waals surface area (Å²) in [6.07, 6.45) is -0.208. The molecule has 166 valence electrons. The maximum absolute atomic E-state index is 13.2. The van der Waals surface area contributed by atoms with Crippen molar-refractivity contribution < 1.29 is 14.5 Å². The maximum atomic E-state index is 13.2. The van der Waals surface area contributed by atoms with E-state index in [9.17, 15) is 19.7 Å². The van der Waals surface area contributed by atoms with Crippen molar-refractivity contribution in [2.45, 2.75) is 39.8 Å². The van der Waals surface area contributed by atoms with Gasteiger partial charge in [0.25, 0.3) is 5.69 Å². The number of hydrogen-bond donors (Lipinski definition) is 1. The lowest BCUT2D eigenvalue weighted by Gasteiger charge is -2.29. The minimum absolute atomic E-state index is 0.104. The standard InChI is InChI=1S/C22H25Cl2N3O4/c1-14(2)12-25-22(29)15(3)26(13-16-8-9-18(23)19(24)10-16)21(28)11-17-6-4-5-7-20(17)27(30)31/h4-10,14-15H,11-13H2,1-3H3,(H,25,29)/t15-/m0/s1. The molecule has 0 spiro atoms. The van der Waals surface area contributed by atoms with Gasteiger partial charge in [-0.15, -0.1) is 0 Å². The van der Waals surface area contributed by atoms with Crippen molar-refractivity contribution in [2.24, 2.45) is 5.92 Å². The number of carbonyl (C=O) groups excluding carboxylic acids is 2. The molecule has 0 fully saturated rings. The molecule has 0 aliphatic carbocycles. The second-order valence-electron chi connectivity index (χ2n) is 7.65. The van der Waals surface area contributed by atoms with Gasteiger partial charge in [-0.25, -0.2) is 0 Å². The zero-order chi connectivity index (χ0) is 23.1. The van der Waals surface area contributed by atoms with Crippen LogP contribution >= 0.6 is 23.2 Å². The average molecular weight is 466 g/mol. The lowest BCUT2D eigenvalue weighted by Crippen LogP contribution is -2.48. The molecule has 2 rings (SSSR count). The first-order valence-electron chi connectivity index (χ1n) is 9.83. The molecule has 1 atom stereocenters. The molecule has 2 amide bonds. The number of nitro benzene ring substituents is 1. The van der Waals surface area contributed by atoms with E-state index >= 15 is 0 Å². The Balaban J connectivity index is 2.31. The van der Waals surface area contributed by atoms with Crippen LogP contribution in [-0.2, 0) is 22.6 Å². The molecule has 0 radical (unpaired) electrons. The quantitative estimate of drug-likeness (QED) is 0.431. The lowest BCUT2D eigenvalue weighted by atomic mass is 10.1. The van der Waals surface area contributed by atoms with Gasteiger partial charge >= 0.3 is 0 Å². The van der Waals surface area contributed by atoms with E-state index in [1.165, 1.54) is 17.0 Å². The van der Waals surface area contributed by atoms with Crippen LogP contribution in [0.2, 0.25) is 10.0 Å². The number of nitrogens with one attached hydrogen (secondary N) is 1.